The normalized spacial score (nSPS) is 19.1. The first-order valence-corrected chi connectivity index (χ1v) is 5.22. The zero-order chi connectivity index (χ0) is 14.0. The highest BCUT2D eigenvalue weighted by molar-refractivity contribution is 5.85. The summed E-state index contributed by atoms with van der Waals surface area (Å²) in [6, 6.07) is 3.34. The molecule has 0 saturated carbocycles. The van der Waals surface area contributed by atoms with E-state index in [-0.39, 0.29) is 18.4 Å². The van der Waals surface area contributed by atoms with Gasteiger partial charge in [0.15, 0.2) is 6.17 Å². The van der Waals surface area contributed by atoms with Gasteiger partial charge in [-0.1, -0.05) is 0 Å². The van der Waals surface area contributed by atoms with E-state index in [1.165, 1.54) is 0 Å². The van der Waals surface area contributed by atoms with Gasteiger partial charge < -0.3 is 10.5 Å². The van der Waals surface area contributed by atoms with Crippen LogP contribution in [-0.4, -0.2) is 32.9 Å². The molecule has 0 fully saturated rings. The molecule has 0 saturated heterocycles. The van der Waals surface area contributed by atoms with Gasteiger partial charge >= 0.3 is 5.97 Å². The van der Waals surface area contributed by atoms with Crippen LogP contribution in [-0.2, 0) is 4.74 Å². The molecular weight excluding hydrogens is 252 g/mol. The Balaban J connectivity index is 2.43. The SMILES string of the molecule is CCOC(=O)c1nc2n(n1)C(N)C(C#N)(C#N)N=N2. The van der Waals surface area contributed by atoms with E-state index in [1.807, 2.05) is 0 Å². The van der Waals surface area contributed by atoms with Gasteiger partial charge in [0.1, 0.15) is 12.1 Å². The average Bonchev–Trinajstić information content (AvgIpc) is 2.85. The molecule has 1 atom stereocenters. The molecule has 0 radical (unpaired) electrons. The first-order valence-electron chi connectivity index (χ1n) is 5.22. The highest BCUT2D eigenvalue weighted by Crippen LogP contribution is 2.31. The maximum atomic E-state index is 11.5. The Bertz CT molecular complexity index is 620. The summed E-state index contributed by atoms with van der Waals surface area (Å²) in [6.07, 6.45) is -1.20. The van der Waals surface area contributed by atoms with E-state index in [2.05, 4.69) is 20.3 Å². The highest BCUT2D eigenvalue weighted by Gasteiger charge is 2.44. The number of nitrogens with two attached hydrogens (primary N) is 1. The predicted molar refractivity (Wildman–Crippen MR) is 57.7 cm³/mol. The van der Waals surface area contributed by atoms with Crippen molar-refractivity contribution in [3.8, 4) is 12.1 Å². The number of azo groups is 1. The number of carbonyl (C=O) groups excluding carboxylic acids is 1. The molecule has 2 heterocycles. The Kier molecular flexibility index (Phi) is 2.94. The zero-order valence-electron chi connectivity index (χ0n) is 9.81. The van der Waals surface area contributed by atoms with Crippen LogP contribution in [0, 0.1) is 22.7 Å². The van der Waals surface area contributed by atoms with Crippen molar-refractivity contribution in [3.63, 3.8) is 0 Å². The molecule has 0 spiro atoms. The summed E-state index contributed by atoms with van der Waals surface area (Å²) in [5.74, 6) is -1.05. The first kappa shape index (κ1) is 12.6. The Morgan fingerprint density at radius 1 is 1.58 bits per heavy atom. The fourth-order valence-corrected chi connectivity index (χ4v) is 1.41. The van der Waals surface area contributed by atoms with Gasteiger partial charge in [-0.2, -0.15) is 15.5 Å². The Morgan fingerprint density at radius 3 is 2.84 bits per heavy atom. The minimum atomic E-state index is -1.88. The lowest BCUT2D eigenvalue weighted by atomic mass is 10.0. The minimum absolute atomic E-state index is 0.0586. The second-order valence-corrected chi connectivity index (χ2v) is 3.54. The van der Waals surface area contributed by atoms with E-state index in [4.69, 9.17) is 21.0 Å². The summed E-state index contributed by atoms with van der Waals surface area (Å²) in [5, 5.41) is 28.9. The van der Waals surface area contributed by atoms with Crippen LogP contribution in [0.15, 0.2) is 10.2 Å². The van der Waals surface area contributed by atoms with Crippen LogP contribution < -0.4 is 5.73 Å². The number of rotatable bonds is 2. The van der Waals surface area contributed by atoms with Crippen LogP contribution in [0.5, 0.6) is 0 Å². The molecule has 96 valence electrons. The second-order valence-electron chi connectivity index (χ2n) is 3.54. The summed E-state index contributed by atoms with van der Waals surface area (Å²) in [5.41, 5.74) is 3.86. The average molecular weight is 260 g/mol. The molecule has 19 heavy (non-hydrogen) atoms. The molecule has 0 aromatic carbocycles. The molecule has 10 nitrogen and oxygen atoms in total. The minimum Gasteiger partial charge on any atom is -0.460 e. The van der Waals surface area contributed by atoms with Crippen LogP contribution in [0.2, 0.25) is 0 Å². The van der Waals surface area contributed by atoms with Crippen LogP contribution in [0.1, 0.15) is 23.7 Å². The van der Waals surface area contributed by atoms with Gasteiger partial charge in [0.2, 0.25) is 0 Å². The van der Waals surface area contributed by atoms with Crippen molar-refractivity contribution < 1.29 is 9.53 Å². The number of carbonyl (C=O) groups is 1. The van der Waals surface area contributed by atoms with Crippen molar-refractivity contribution in [2.45, 2.75) is 18.6 Å². The molecule has 0 bridgehead atoms. The molecule has 1 aromatic heterocycles. The van der Waals surface area contributed by atoms with Gasteiger partial charge in [-0.15, -0.1) is 15.3 Å². The van der Waals surface area contributed by atoms with Crippen LogP contribution >= 0.6 is 0 Å². The maximum Gasteiger partial charge on any atom is 0.378 e. The molecule has 0 amide bonds. The monoisotopic (exact) mass is 260 g/mol. The van der Waals surface area contributed by atoms with Crippen molar-refractivity contribution in [3.05, 3.63) is 5.82 Å². The predicted octanol–water partition coefficient (Wildman–Crippen LogP) is -0.205. The van der Waals surface area contributed by atoms with Crippen LogP contribution in [0.3, 0.4) is 0 Å². The van der Waals surface area contributed by atoms with Gasteiger partial charge in [-0.05, 0) is 6.92 Å². The second kappa shape index (κ2) is 4.44. The largest absolute Gasteiger partial charge is 0.460 e. The Morgan fingerprint density at radius 2 is 2.26 bits per heavy atom. The Labute approximate surface area is 107 Å². The number of hydrogen-bond acceptors (Lipinski definition) is 9. The van der Waals surface area contributed by atoms with Crippen molar-refractivity contribution >= 4 is 11.9 Å². The van der Waals surface area contributed by atoms with E-state index < -0.39 is 17.7 Å². The molecular formula is C9H8N8O2. The van der Waals surface area contributed by atoms with E-state index in [9.17, 15) is 4.79 Å². The molecule has 0 aliphatic carbocycles. The van der Waals surface area contributed by atoms with Crippen molar-refractivity contribution in [2.75, 3.05) is 6.61 Å². The van der Waals surface area contributed by atoms with E-state index in [0.29, 0.717) is 0 Å². The lowest BCUT2D eigenvalue weighted by Crippen LogP contribution is -2.42. The van der Waals surface area contributed by atoms with Gasteiger partial charge in [0.05, 0.1) is 6.61 Å². The number of fused-ring (bicyclic) bond motifs is 1. The fourth-order valence-electron chi connectivity index (χ4n) is 1.41. The third kappa shape index (κ3) is 1.80. The summed E-state index contributed by atoms with van der Waals surface area (Å²) in [6.45, 7) is 1.80. The molecule has 1 aromatic rings. The smallest absolute Gasteiger partial charge is 0.378 e. The quantitative estimate of drug-likeness (QED) is 0.721. The number of nitriles is 2. The standard InChI is InChI=1S/C9H8N8O2/c1-2-19-6(18)5-13-8-14-16-9(3-10,4-11)7(12)17(8)15-5/h7H,2,12H2,1H3. The summed E-state index contributed by atoms with van der Waals surface area (Å²) >= 11 is 0. The lowest BCUT2D eigenvalue weighted by molar-refractivity contribution is 0.0511. The number of nitrogens with zero attached hydrogens (tertiary/aromatic N) is 7. The van der Waals surface area contributed by atoms with Crippen molar-refractivity contribution in [2.24, 2.45) is 16.0 Å². The molecule has 10 heteroatoms. The first-order chi connectivity index (χ1) is 9.07. The number of ether oxygens (including phenoxy) is 1. The van der Waals surface area contributed by atoms with Gasteiger partial charge in [0, 0.05) is 0 Å². The molecule has 1 unspecified atom stereocenters. The topological polar surface area (TPSA) is 155 Å². The van der Waals surface area contributed by atoms with E-state index >= 15 is 0 Å². The molecule has 2 rings (SSSR count). The van der Waals surface area contributed by atoms with Crippen LogP contribution in [0.4, 0.5) is 5.95 Å². The zero-order valence-corrected chi connectivity index (χ0v) is 9.81. The fraction of sp³-hybridized carbons (Fsp3) is 0.444. The third-order valence-corrected chi connectivity index (χ3v) is 2.40. The molecule has 1 aliphatic rings. The summed E-state index contributed by atoms with van der Waals surface area (Å²) in [7, 11) is 0. The van der Waals surface area contributed by atoms with Crippen LogP contribution in [0.25, 0.3) is 0 Å². The number of hydrogen-bond donors (Lipinski definition) is 1. The van der Waals surface area contributed by atoms with Crippen molar-refractivity contribution in [1.29, 1.82) is 10.5 Å². The third-order valence-electron chi connectivity index (χ3n) is 2.40. The van der Waals surface area contributed by atoms with Gasteiger partial charge in [0.25, 0.3) is 17.3 Å². The maximum absolute atomic E-state index is 11.5. The van der Waals surface area contributed by atoms with Crippen molar-refractivity contribution in [1.82, 2.24) is 14.8 Å². The highest BCUT2D eigenvalue weighted by atomic mass is 16.5. The molecule has 2 N–H and O–H groups in total. The summed E-state index contributed by atoms with van der Waals surface area (Å²) in [4.78, 5) is 15.2. The van der Waals surface area contributed by atoms with Gasteiger partial charge in [-0.3, -0.25) is 0 Å². The van der Waals surface area contributed by atoms with E-state index in [1.54, 1.807) is 19.1 Å². The Hall–Kier alpha value is -2.85. The lowest BCUT2D eigenvalue weighted by Gasteiger charge is -2.23. The van der Waals surface area contributed by atoms with E-state index in [0.717, 1.165) is 4.68 Å². The van der Waals surface area contributed by atoms with Gasteiger partial charge in [-0.25, -0.2) is 9.48 Å². The number of esters is 1. The molecule has 1 aliphatic heterocycles. The summed E-state index contributed by atoms with van der Waals surface area (Å²) < 4.78 is 5.73. The number of aromatic nitrogens is 3.